The lowest BCUT2D eigenvalue weighted by molar-refractivity contribution is -0.128. The van der Waals surface area contributed by atoms with E-state index in [0.29, 0.717) is 5.57 Å². The Kier molecular flexibility index (Phi) is 5.38. The molecule has 3 aliphatic rings. The number of hydrogen-bond acceptors (Lipinski definition) is 6. The Labute approximate surface area is 217 Å². The number of aromatic hydroxyl groups is 1. The maximum absolute atomic E-state index is 13.7. The van der Waals surface area contributed by atoms with Gasteiger partial charge in [-0.25, -0.2) is 23.5 Å². The van der Waals surface area contributed by atoms with Gasteiger partial charge in [0.05, 0.1) is 19.7 Å². The Morgan fingerprint density at radius 2 is 1.71 bits per heavy atom. The van der Waals surface area contributed by atoms with E-state index in [4.69, 9.17) is 51.1 Å². The zero-order valence-electron chi connectivity index (χ0n) is 18.2. The predicted octanol–water partition coefficient (Wildman–Crippen LogP) is 2.53. The first-order valence-electron chi connectivity index (χ1n) is 10.4. The number of allylic oxidation sites excluding steroid dienone is 4. The number of ketones is 2. The Balaban J connectivity index is 1.90. The quantitative estimate of drug-likeness (QED) is 0.446. The Hall–Kier alpha value is -2.46. The largest absolute Gasteiger partial charge is 0.508 e. The van der Waals surface area contributed by atoms with Crippen LogP contribution >= 0.6 is 46.4 Å². The Bertz CT molecular complexity index is 1520. The van der Waals surface area contributed by atoms with Crippen LogP contribution in [-0.4, -0.2) is 47.5 Å². The van der Waals surface area contributed by atoms with Gasteiger partial charge in [0.15, 0.2) is 11.6 Å². The first-order valence-corrected chi connectivity index (χ1v) is 11.9. The number of methoxy groups -OCH3 is 1. The van der Waals surface area contributed by atoms with Crippen LogP contribution in [0.4, 0.5) is 0 Å². The smallest absolute Gasteiger partial charge is 0.347 e. The fraction of sp³-hybridized carbons (Fsp3) is 0.364. The lowest BCUT2D eigenvalue weighted by Crippen LogP contribution is -2.67. The average Bonchev–Trinajstić information content (AvgIpc) is 3.06. The monoisotopic (exact) mass is 559 g/mol. The number of alkyl halides is 2. The second kappa shape index (κ2) is 7.77. The number of ether oxygens (including phenoxy) is 1. The van der Waals surface area contributed by atoms with E-state index in [1.807, 2.05) is 0 Å². The van der Waals surface area contributed by atoms with Crippen LogP contribution in [0.2, 0.25) is 0 Å². The molecule has 1 N–H and O–H groups in total. The van der Waals surface area contributed by atoms with Crippen molar-refractivity contribution in [3.8, 4) is 11.5 Å². The topological polar surface area (TPSA) is 113 Å². The van der Waals surface area contributed by atoms with E-state index in [1.165, 1.54) is 35.7 Å². The molecule has 1 aromatic heterocycles. The zero-order chi connectivity index (χ0) is 25.6. The van der Waals surface area contributed by atoms with Gasteiger partial charge in [-0.3, -0.25) is 9.59 Å². The third-order valence-electron chi connectivity index (χ3n) is 7.05. The summed E-state index contributed by atoms with van der Waals surface area (Å²) in [6.07, 6.45) is 1.29. The highest BCUT2D eigenvalue weighted by Crippen LogP contribution is 2.65. The molecule has 1 saturated carbocycles. The van der Waals surface area contributed by atoms with Crippen LogP contribution in [-0.2, 0) is 23.2 Å². The lowest BCUT2D eigenvalue weighted by Gasteiger charge is -2.54. The van der Waals surface area contributed by atoms with Crippen molar-refractivity contribution in [1.29, 1.82) is 0 Å². The van der Waals surface area contributed by atoms with Crippen molar-refractivity contribution in [2.24, 2.45) is 7.05 Å². The molecule has 0 bridgehead atoms. The summed E-state index contributed by atoms with van der Waals surface area (Å²) < 4.78 is 8.77. The van der Waals surface area contributed by atoms with Gasteiger partial charge in [-0.1, -0.05) is 35.3 Å². The number of hydrogen-bond donors (Lipinski definition) is 1. The van der Waals surface area contributed by atoms with Gasteiger partial charge in [0.1, 0.15) is 31.3 Å². The molecule has 0 spiro atoms. The van der Waals surface area contributed by atoms with Gasteiger partial charge in [0, 0.05) is 24.9 Å². The van der Waals surface area contributed by atoms with Crippen LogP contribution < -0.4 is 16.1 Å². The SMILES string of the molecule is COc1cccc(O)c1[C@H]1C2=CCn3c(=O)n(C)c(=O)n3[C@@H]2C[C@@]2(Cl)C(=O)C(Cl)=C(Cl)C(=O)[C@@]12Cl. The molecule has 13 heteroatoms. The van der Waals surface area contributed by atoms with Crippen molar-refractivity contribution < 1.29 is 19.4 Å². The van der Waals surface area contributed by atoms with E-state index in [0.717, 1.165) is 4.57 Å². The van der Waals surface area contributed by atoms with Gasteiger partial charge in [0.25, 0.3) is 0 Å². The normalized spacial score (nSPS) is 29.9. The summed E-state index contributed by atoms with van der Waals surface area (Å²) in [5.74, 6) is -3.20. The number of aromatic nitrogens is 3. The molecule has 35 heavy (non-hydrogen) atoms. The summed E-state index contributed by atoms with van der Waals surface area (Å²) in [4.78, 5) is 48.4. The number of carbonyl (C=O) groups excluding carboxylic acids is 2. The molecule has 2 aromatic rings. The van der Waals surface area contributed by atoms with Crippen LogP contribution in [0.25, 0.3) is 0 Å². The number of Topliss-reactive ketones (excluding diaryl/α,β-unsaturated/α-hetero) is 2. The molecule has 0 saturated heterocycles. The average molecular weight is 561 g/mol. The third-order valence-corrected chi connectivity index (χ3v) is 9.30. The van der Waals surface area contributed by atoms with Crippen molar-refractivity contribution >= 4 is 58.0 Å². The number of nitrogens with zero attached hydrogens (tertiary/aromatic N) is 3. The number of phenolic OH excluding ortho intramolecular Hbond substituents is 1. The predicted molar refractivity (Wildman–Crippen MR) is 129 cm³/mol. The minimum absolute atomic E-state index is 0.0259. The first-order chi connectivity index (χ1) is 16.4. The van der Waals surface area contributed by atoms with Crippen LogP contribution in [0, 0.1) is 0 Å². The van der Waals surface area contributed by atoms with E-state index in [2.05, 4.69) is 0 Å². The summed E-state index contributed by atoms with van der Waals surface area (Å²) in [5, 5.41) is 9.76. The highest BCUT2D eigenvalue weighted by Gasteiger charge is 2.72. The van der Waals surface area contributed by atoms with E-state index in [1.54, 1.807) is 12.1 Å². The summed E-state index contributed by atoms with van der Waals surface area (Å²) in [6, 6.07) is 3.47. The van der Waals surface area contributed by atoms with Gasteiger partial charge in [0.2, 0.25) is 0 Å². The fourth-order valence-corrected chi connectivity index (χ4v) is 6.90. The molecule has 4 atom stereocenters. The highest BCUT2D eigenvalue weighted by molar-refractivity contribution is 6.66. The minimum atomic E-state index is -2.24. The number of benzene rings is 1. The zero-order valence-corrected chi connectivity index (χ0v) is 21.2. The molecule has 1 aliphatic heterocycles. The van der Waals surface area contributed by atoms with Gasteiger partial charge in [-0.2, -0.15) is 0 Å². The van der Waals surface area contributed by atoms with Crippen molar-refractivity contribution in [2.45, 2.75) is 34.7 Å². The highest BCUT2D eigenvalue weighted by atomic mass is 35.5. The molecule has 9 nitrogen and oxygen atoms in total. The molecule has 0 amide bonds. The summed E-state index contributed by atoms with van der Waals surface area (Å²) >= 11 is 26.4. The standard InChI is InChI=1S/C22H17Cl4N3O6/c1-27-19(33)28-7-6-9-10(29(28)20(27)34)8-21(25)17(31)15(23)16(24)18(32)22(21,26)14(9)13-11(30)4-3-5-12(13)35-2/h3-6,10,14,30H,7-8H2,1-2H3/t10-,14-,21-,22+/m1/s1. The molecule has 5 rings (SSSR count). The maximum atomic E-state index is 13.7. The summed E-state index contributed by atoms with van der Waals surface area (Å²) in [6.45, 7) is -0.0259. The third kappa shape index (κ3) is 2.83. The van der Waals surface area contributed by atoms with E-state index >= 15 is 0 Å². The number of rotatable bonds is 2. The molecule has 0 radical (unpaired) electrons. The Morgan fingerprint density at radius 3 is 2.37 bits per heavy atom. The molecule has 2 heterocycles. The number of halogens is 4. The molecule has 0 unspecified atom stereocenters. The summed E-state index contributed by atoms with van der Waals surface area (Å²) in [7, 11) is 2.69. The van der Waals surface area contributed by atoms with Crippen molar-refractivity contribution in [3.63, 3.8) is 0 Å². The van der Waals surface area contributed by atoms with Gasteiger partial charge >= 0.3 is 11.4 Å². The maximum Gasteiger partial charge on any atom is 0.347 e. The second-order valence-electron chi connectivity index (χ2n) is 8.60. The molecule has 2 aliphatic carbocycles. The van der Waals surface area contributed by atoms with E-state index in [-0.39, 0.29) is 30.0 Å². The van der Waals surface area contributed by atoms with Gasteiger partial charge < -0.3 is 9.84 Å². The van der Waals surface area contributed by atoms with E-state index < -0.39 is 54.7 Å². The molecule has 184 valence electrons. The van der Waals surface area contributed by atoms with Crippen molar-refractivity contribution in [2.75, 3.05) is 7.11 Å². The number of carbonyl (C=O) groups is 2. The second-order valence-corrected chi connectivity index (χ2v) is 10.6. The van der Waals surface area contributed by atoms with Gasteiger partial charge in [-0.15, -0.1) is 23.2 Å². The molecule has 1 fully saturated rings. The van der Waals surface area contributed by atoms with E-state index in [9.17, 15) is 24.3 Å². The van der Waals surface area contributed by atoms with Crippen LogP contribution in [0.15, 0.2) is 49.5 Å². The number of phenols is 1. The van der Waals surface area contributed by atoms with Crippen LogP contribution in [0.1, 0.15) is 23.9 Å². The lowest BCUT2D eigenvalue weighted by atomic mass is 9.59. The molecular formula is C22H17Cl4N3O6. The number of fused-ring (bicyclic) bond motifs is 4. The summed E-state index contributed by atoms with van der Waals surface area (Å²) in [5.41, 5.74) is -0.743. The van der Waals surface area contributed by atoms with Crippen molar-refractivity contribution in [1.82, 2.24) is 13.9 Å². The van der Waals surface area contributed by atoms with Gasteiger partial charge in [-0.05, 0) is 17.7 Å². The molecule has 1 aromatic carbocycles. The van der Waals surface area contributed by atoms with Crippen LogP contribution in [0.5, 0.6) is 11.5 Å². The minimum Gasteiger partial charge on any atom is -0.508 e. The van der Waals surface area contributed by atoms with Crippen LogP contribution in [0.3, 0.4) is 0 Å². The molecular weight excluding hydrogens is 544 g/mol. The fourth-order valence-electron chi connectivity index (χ4n) is 5.40. The Morgan fingerprint density at radius 1 is 1.06 bits per heavy atom. The van der Waals surface area contributed by atoms with Crippen molar-refractivity contribution in [3.05, 3.63) is 66.4 Å². The first kappa shape index (κ1) is 24.2.